The van der Waals surface area contributed by atoms with Crippen LogP contribution in [0, 0.1) is 5.41 Å². The topological polar surface area (TPSA) is 174 Å². The number of thiazole rings is 1. The average Bonchev–Trinajstić information content (AvgIpc) is 3.37. The quantitative estimate of drug-likeness (QED) is 0.325. The number of amides is 1. The number of primary amides is 1. The van der Waals surface area contributed by atoms with Crippen LogP contribution >= 0.6 is 11.3 Å². The van der Waals surface area contributed by atoms with Crippen molar-refractivity contribution in [2.45, 2.75) is 13.0 Å². The van der Waals surface area contributed by atoms with Gasteiger partial charge in [-0.3, -0.25) is 20.1 Å². The van der Waals surface area contributed by atoms with E-state index in [9.17, 15) is 9.59 Å². The fourth-order valence-electron chi connectivity index (χ4n) is 3.04. The van der Waals surface area contributed by atoms with E-state index in [1.807, 2.05) is 6.07 Å². The van der Waals surface area contributed by atoms with Gasteiger partial charge in [0.15, 0.2) is 5.65 Å². The van der Waals surface area contributed by atoms with Crippen LogP contribution in [0.1, 0.15) is 10.7 Å². The Labute approximate surface area is 167 Å². The minimum Gasteiger partial charge on any atom is -0.400 e. The average molecular weight is 411 g/mol. The van der Waals surface area contributed by atoms with Gasteiger partial charge in [0, 0.05) is 36.4 Å². The van der Waals surface area contributed by atoms with E-state index in [-0.39, 0.29) is 17.8 Å². The van der Waals surface area contributed by atoms with Crippen molar-refractivity contribution >= 4 is 44.2 Å². The molecule has 12 heteroatoms. The first-order valence-electron chi connectivity index (χ1n) is 8.51. The molecule has 4 aromatic rings. The molecule has 0 saturated carbocycles. The van der Waals surface area contributed by atoms with E-state index in [1.165, 1.54) is 16.0 Å². The number of nitrogens with two attached hydrogens (primary N) is 2. The summed E-state index contributed by atoms with van der Waals surface area (Å²) in [6.45, 7) is -0.0677. The van der Waals surface area contributed by atoms with Crippen molar-refractivity contribution < 1.29 is 4.79 Å². The molecule has 0 fully saturated rings. The van der Waals surface area contributed by atoms with Crippen LogP contribution in [0.4, 0.5) is 0 Å². The molecule has 4 heterocycles. The van der Waals surface area contributed by atoms with Gasteiger partial charge in [-0.1, -0.05) is 0 Å². The third-order valence-corrected chi connectivity index (χ3v) is 5.48. The number of nitrogens with zero attached hydrogens (tertiary/aromatic N) is 5. The molecule has 4 rings (SSSR count). The number of aromatic amines is 1. The number of nitrogens with one attached hydrogen (secondary N) is 2. The summed E-state index contributed by atoms with van der Waals surface area (Å²) in [4.78, 5) is 28.6. The maximum Gasteiger partial charge on any atom is 0.291 e. The monoisotopic (exact) mass is 411 g/mol. The highest BCUT2D eigenvalue weighted by Crippen LogP contribution is 2.31. The van der Waals surface area contributed by atoms with Crippen LogP contribution in [0.5, 0.6) is 0 Å². The number of aromatic nitrogens is 6. The molecule has 1 amide bonds. The van der Waals surface area contributed by atoms with Gasteiger partial charge in [0.25, 0.3) is 11.5 Å². The second-order valence-corrected chi connectivity index (χ2v) is 7.53. The van der Waals surface area contributed by atoms with Crippen molar-refractivity contribution in [1.82, 2.24) is 29.5 Å². The Morgan fingerprint density at radius 2 is 2.21 bits per heavy atom. The van der Waals surface area contributed by atoms with E-state index in [4.69, 9.17) is 16.9 Å². The molecule has 0 aliphatic rings. The molecule has 148 valence electrons. The van der Waals surface area contributed by atoms with Crippen molar-refractivity contribution in [3.63, 3.8) is 0 Å². The summed E-state index contributed by atoms with van der Waals surface area (Å²) in [5.41, 5.74) is 12.3. The normalized spacial score (nSPS) is 12.1. The van der Waals surface area contributed by atoms with Crippen molar-refractivity contribution in [2.24, 2.45) is 18.5 Å². The molecule has 29 heavy (non-hydrogen) atoms. The molecule has 0 unspecified atom stereocenters. The number of hydrogen-bond acceptors (Lipinski definition) is 8. The molecule has 0 aromatic carbocycles. The number of aryl methyl sites for hydroxylation is 1. The third kappa shape index (κ3) is 3.29. The van der Waals surface area contributed by atoms with E-state index < -0.39 is 11.6 Å². The molecule has 4 aromatic heterocycles. The van der Waals surface area contributed by atoms with Crippen LogP contribution in [0.15, 0.2) is 35.0 Å². The Hall–Kier alpha value is -3.80. The zero-order valence-corrected chi connectivity index (χ0v) is 16.2. The fraction of sp³-hybridized carbons (Fsp3) is 0.176. The second kappa shape index (κ2) is 6.98. The molecule has 11 nitrogen and oxygen atoms in total. The number of allylic oxidation sites excluding steroid dienone is 1. The number of carbonyl (C=O) groups is 1. The standard InChI is InChI=1S/C17H17N9O2S/c1-25-13-10(14-16(25)23-12(29-14)5-9-2-3-21-24-9)6-22-26(17(13)28)7-8(18)4-11(19)15(20)27/h2-4,6,19H,5,7,18H2,1H3,(H2,20,27)(H,21,24). The highest BCUT2D eigenvalue weighted by Gasteiger charge is 2.18. The number of rotatable bonds is 6. The van der Waals surface area contributed by atoms with Gasteiger partial charge in [-0.2, -0.15) is 10.2 Å². The van der Waals surface area contributed by atoms with E-state index in [2.05, 4.69) is 20.3 Å². The maximum absolute atomic E-state index is 12.9. The highest BCUT2D eigenvalue weighted by molar-refractivity contribution is 7.19. The number of fused-ring (bicyclic) bond motifs is 3. The van der Waals surface area contributed by atoms with Gasteiger partial charge in [-0.05, 0) is 12.1 Å². The molecule has 0 aliphatic carbocycles. The Bertz CT molecular complexity index is 1340. The third-order valence-electron chi connectivity index (χ3n) is 4.40. The fourth-order valence-corrected chi connectivity index (χ4v) is 4.17. The summed E-state index contributed by atoms with van der Waals surface area (Å²) < 4.78 is 3.80. The smallest absolute Gasteiger partial charge is 0.291 e. The number of H-pyrrole nitrogens is 1. The predicted octanol–water partition coefficient (Wildman–Crippen LogP) is 0.00627. The van der Waals surface area contributed by atoms with Crippen LogP contribution in [-0.2, 0) is 24.8 Å². The number of hydrogen-bond donors (Lipinski definition) is 4. The van der Waals surface area contributed by atoms with Crippen molar-refractivity contribution in [2.75, 3.05) is 0 Å². The van der Waals surface area contributed by atoms with Gasteiger partial charge >= 0.3 is 0 Å². The number of carbonyl (C=O) groups excluding carboxylic acids is 1. The van der Waals surface area contributed by atoms with Gasteiger partial charge in [0.2, 0.25) is 0 Å². The molecule has 0 saturated heterocycles. The summed E-state index contributed by atoms with van der Waals surface area (Å²) in [5, 5.41) is 20.1. The van der Waals surface area contributed by atoms with Gasteiger partial charge in [-0.15, -0.1) is 11.3 Å². The van der Waals surface area contributed by atoms with E-state index in [1.54, 1.807) is 24.0 Å². The summed E-state index contributed by atoms with van der Waals surface area (Å²) in [5.74, 6) is -0.900. The maximum atomic E-state index is 12.9. The van der Waals surface area contributed by atoms with Crippen LogP contribution in [0.2, 0.25) is 0 Å². The van der Waals surface area contributed by atoms with Gasteiger partial charge in [-0.25, -0.2) is 9.67 Å². The lowest BCUT2D eigenvalue weighted by Gasteiger charge is -2.06. The predicted molar refractivity (Wildman–Crippen MR) is 109 cm³/mol. The first kappa shape index (κ1) is 18.6. The van der Waals surface area contributed by atoms with Gasteiger partial charge in [0.1, 0.15) is 16.2 Å². The second-order valence-electron chi connectivity index (χ2n) is 6.44. The van der Waals surface area contributed by atoms with E-state index in [0.717, 1.165) is 21.5 Å². The molecule has 0 spiro atoms. The molecular weight excluding hydrogens is 394 g/mol. The summed E-state index contributed by atoms with van der Waals surface area (Å²) in [7, 11) is 1.78. The molecule has 0 aliphatic heterocycles. The summed E-state index contributed by atoms with van der Waals surface area (Å²) >= 11 is 1.50. The van der Waals surface area contributed by atoms with Crippen LogP contribution in [-0.4, -0.2) is 41.1 Å². The molecule has 0 radical (unpaired) electrons. The Balaban J connectivity index is 1.73. The van der Waals surface area contributed by atoms with Crippen LogP contribution in [0.25, 0.3) is 21.3 Å². The largest absolute Gasteiger partial charge is 0.400 e. The first-order valence-corrected chi connectivity index (χ1v) is 9.33. The molecule has 0 atom stereocenters. The zero-order chi connectivity index (χ0) is 20.7. The Morgan fingerprint density at radius 3 is 2.90 bits per heavy atom. The Morgan fingerprint density at radius 1 is 1.41 bits per heavy atom. The van der Waals surface area contributed by atoms with Crippen molar-refractivity contribution in [3.05, 3.63) is 51.3 Å². The Kier molecular flexibility index (Phi) is 4.47. The zero-order valence-electron chi connectivity index (χ0n) is 15.3. The van der Waals surface area contributed by atoms with Crippen LogP contribution < -0.4 is 17.0 Å². The molecule has 6 N–H and O–H groups in total. The van der Waals surface area contributed by atoms with Crippen molar-refractivity contribution in [3.8, 4) is 0 Å². The highest BCUT2D eigenvalue weighted by atomic mass is 32.1. The minimum atomic E-state index is -0.900. The van der Waals surface area contributed by atoms with E-state index in [0.29, 0.717) is 23.0 Å². The van der Waals surface area contributed by atoms with Gasteiger partial charge in [0.05, 0.1) is 17.4 Å². The lowest BCUT2D eigenvalue weighted by atomic mass is 10.3. The lowest BCUT2D eigenvalue weighted by Crippen LogP contribution is -2.28. The van der Waals surface area contributed by atoms with E-state index >= 15 is 0 Å². The SMILES string of the molecule is Cn1c2nc(Cc3ccn[nH]3)sc2c2cnn(CC(N)=CC(=N)C(N)=O)c(=O)c21. The van der Waals surface area contributed by atoms with Gasteiger partial charge < -0.3 is 16.0 Å². The minimum absolute atomic E-state index is 0.0677. The molecule has 0 bridgehead atoms. The first-order chi connectivity index (χ1) is 13.8. The lowest BCUT2D eigenvalue weighted by molar-refractivity contribution is -0.111. The molecular formula is C17H17N9O2S. The summed E-state index contributed by atoms with van der Waals surface area (Å²) in [6.07, 6.45) is 5.03. The van der Waals surface area contributed by atoms with Crippen molar-refractivity contribution in [1.29, 1.82) is 5.41 Å². The van der Waals surface area contributed by atoms with Crippen LogP contribution in [0.3, 0.4) is 0 Å². The summed E-state index contributed by atoms with van der Waals surface area (Å²) in [6, 6.07) is 1.89.